The van der Waals surface area contributed by atoms with Crippen molar-refractivity contribution in [2.24, 2.45) is 0 Å². The molecule has 0 aromatic heterocycles. The standard InChI is InChI=1S/C2H3F2O.Na/c3-2(4)1-5;/h5H,1H2;/q-1;+1. The summed E-state index contributed by atoms with van der Waals surface area (Å²) in [5.74, 6) is 0. The summed E-state index contributed by atoms with van der Waals surface area (Å²) in [6.07, 6.45) is -1.94. The van der Waals surface area contributed by atoms with Gasteiger partial charge < -0.3 is 13.9 Å². The van der Waals surface area contributed by atoms with Gasteiger partial charge in [-0.15, -0.1) is 0 Å². The molecule has 1 N–H and O–H groups in total. The first-order chi connectivity index (χ1) is 2.27. The third-order valence-electron chi connectivity index (χ3n) is 0.120. The molecule has 0 fully saturated rings. The minimum Gasteiger partial charge on any atom is -0.423 e. The van der Waals surface area contributed by atoms with Crippen LogP contribution in [-0.2, 0) is 0 Å². The van der Waals surface area contributed by atoms with E-state index in [4.69, 9.17) is 5.11 Å². The number of aliphatic hydroxyl groups excluding tert-OH is 1. The molecule has 0 atom stereocenters. The molecule has 4 heteroatoms. The van der Waals surface area contributed by atoms with Gasteiger partial charge in [-0.2, -0.15) is 0 Å². The molecular weight excluding hydrogens is 101 g/mol. The van der Waals surface area contributed by atoms with E-state index >= 15 is 0 Å². The van der Waals surface area contributed by atoms with Crippen LogP contribution >= 0.6 is 0 Å². The minimum atomic E-state index is -1.94. The van der Waals surface area contributed by atoms with Crippen LogP contribution in [0.5, 0.6) is 0 Å². The maximum atomic E-state index is 10.4. The SMILES string of the molecule is OC[C-](F)F.[Na+]. The molecule has 32 valence electrons. The van der Waals surface area contributed by atoms with Crippen LogP contribution in [0.25, 0.3) is 0 Å². The van der Waals surface area contributed by atoms with Crippen molar-refractivity contribution in [3.05, 3.63) is 6.43 Å². The Morgan fingerprint density at radius 1 is 1.50 bits per heavy atom. The van der Waals surface area contributed by atoms with Gasteiger partial charge in [-0.1, -0.05) is 0 Å². The molecule has 0 amide bonds. The molecule has 0 unspecified atom stereocenters. The van der Waals surface area contributed by atoms with Gasteiger partial charge >= 0.3 is 29.6 Å². The van der Waals surface area contributed by atoms with Gasteiger partial charge in [0, 0.05) is 6.43 Å². The molecular formula is C2H3F2NaO. The summed E-state index contributed by atoms with van der Waals surface area (Å²) in [6.45, 7) is -1.11. The zero-order valence-corrected chi connectivity index (χ0v) is 5.41. The van der Waals surface area contributed by atoms with E-state index in [0.29, 0.717) is 0 Å². The second-order valence-electron chi connectivity index (χ2n) is 0.497. The van der Waals surface area contributed by atoms with Gasteiger partial charge in [0.15, 0.2) is 0 Å². The molecule has 0 aliphatic heterocycles. The van der Waals surface area contributed by atoms with Gasteiger partial charge in [0.1, 0.15) is 0 Å². The fourth-order valence-corrected chi connectivity index (χ4v) is 0. The molecule has 0 rings (SSSR count). The maximum absolute atomic E-state index is 10.4. The Kier molecular flexibility index (Phi) is 9.65. The summed E-state index contributed by atoms with van der Waals surface area (Å²) in [4.78, 5) is 0. The molecule has 0 aromatic carbocycles. The average molecular weight is 104 g/mol. The summed E-state index contributed by atoms with van der Waals surface area (Å²) in [7, 11) is 0. The van der Waals surface area contributed by atoms with Gasteiger partial charge in [0.2, 0.25) is 0 Å². The van der Waals surface area contributed by atoms with E-state index in [9.17, 15) is 8.78 Å². The van der Waals surface area contributed by atoms with Crippen LogP contribution in [0, 0.1) is 6.43 Å². The van der Waals surface area contributed by atoms with E-state index in [1.54, 1.807) is 0 Å². The Morgan fingerprint density at radius 2 is 1.67 bits per heavy atom. The second-order valence-corrected chi connectivity index (χ2v) is 0.497. The molecule has 0 bridgehead atoms. The van der Waals surface area contributed by atoms with Crippen molar-refractivity contribution in [1.29, 1.82) is 0 Å². The maximum Gasteiger partial charge on any atom is 1.00 e. The summed E-state index contributed by atoms with van der Waals surface area (Å²) in [5, 5.41) is 7.36. The summed E-state index contributed by atoms with van der Waals surface area (Å²) < 4.78 is 20.9. The van der Waals surface area contributed by atoms with E-state index in [2.05, 4.69) is 0 Å². The van der Waals surface area contributed by atoms with E-state index < -0.39 is 13.0 Å². The van der Waals surface area contributed by atoms with Gasteiger partial charge in [-0.05, 0) is 6.61 Å². The molecule has 0 heterocycles. The largest absolute Gasteiger partial charge is 1.00 e. The molecule has 0 saturated heterocycles. The van der Waals surface area contributed by atoms with Crippen LogP contribution in [0.2, 0.25) is 0 Å². The molecule has 0 radical (unpaired) electrons. The van der Waals surface area contributed by atoms with Crippen molar-refractivity contribution in [2.45, 2.75) is 0 Å². The number of halogens is 2. The van der Waals surface area contributed by atoms with Crippen LogP contribution < -0.4 is 29.6 Å². The zero-order chi connectivity index (χ0) is 4.28. The molecule has 0 saturated carbocycles. The molecule has 6 heavy (non-hydrogen) atoms. The molecule has 0 aliphatic carbocycles. The molecule has 0 aromatic rings. The second kappa shape index (κ2) is 5.82. The van der Waals surface area contributed by atoms with Crippen molar-refractivity contribution in [1.82, 2.24) is 0 Å². The van der Waals surface area contributed by atoms with Crippen LogP contribution in [0.3, 0.4) is 0 Å². The van der Waals surface area contributed by atoms with Gasteiger partial charge in [-0.3, -0.25) is 0 Å². The van der Waals surface area contributed by atoms with E-state index in [1.165, 1.54) is 0 Å². The van der Waals surface area contributed by atoms with Crippen molar-refractivity contribution >= 4 is 0 Å². The first-order valence-electron chi connectivity index (χ1n) is 1.05. The number of aliphatic hydroxyl groups is 1. The zero-order valence-electron chi connectivity index (χ0n) is 3.41. The number of hydrogen-bond donors (Lipinski definition) is 1. The predicted molar refractivity (Wildman–Crippen MR) is 12.5 cm³/mol. The van der Waals surface area contributed by atoms with Gasteiger partial charge in [0.05, 0.1) is 0 Å². The first kappa shape index (κ1) is 9.94. The smallest absolute Gasteiger partial charge is 0.423 e. The average Bonchev–Trinajstić information content (AvgIpc) is 1.38. The van der Waals surface area contributed by atoms with Crippen LogP contribution in [-0.4, -0.2) is 11.7 Å². The minimum absolute atomic E-state index is 0. The fourth-order valence-electron chi connectivity index (χ4n) is 0. The van der Waals surface area contributed by atoms with Crippen LogP contribution in [0.15, 0.2) is 0 Å². The first-order valence-corrected chi connectivity index (χ1v) is 1.05. The van der Waals surface area contributed by atoms with Crippen molar-refractivity contribution in [3.8, 4) is 0 Å². The quantitative estimate of drug-likeness (QED) is 0.286. The van der Waals surface area contributed by atoms with Gasteiger partial charge in [-0.25, -0.2) is 0 Å². The van der Waals surface area contributed by atoms with Crippen LogP contribution in [0.1, 0.15) is 0 Å². The third kappa shape index (κ3) is 8.84. The van der Waals surface area contributed by atoms with E-state index in [1.807, 2.05) is 0 Å². The van der Waals surface area contributed by atoms with Crippen molar-refractivity contribution in [2.75, 3.05) is 6.61 Å². The summed E-state index contributed by atoms with van der Waals surface area (Å²) in [6, 6.07) is 0. The Morgan fingerprint density at radius 3 is 1.67 bits per heavy atom. The Labute approximate surface area is 56.6 Å². The molecule has 0 aliphatic rings. The van der Waals surface area contributed by atoms with Crippen LogP contribution in [0.4, 0.5) is 8.78 Å². The molecule has 1 nitrogen and oxygen atoms in total. The van der Waals surface area contributed by atoms with Gasteiger partial charge in [0.25, 0.3) is 0 Å². The Balaban J connectivity index is 0. The predicted octanol–water partition coefficient (Wildman–Crippen LogP) is -2.59. The number of rotatable bonds is 1. The number of hydrogen-bond acceptors (Lipinski definition) is 1. The van der Waals surface area contributed by atoms with Crippen molar-refractivity contribution in [3.63, 3.8) is 0 Å². The third-order valence-corrected chi connectivity index (χ3v) is 0.120. The monoisotopic (exact) mass is 104 g/mol. The Hall–Kier alpha value is 0.820. The van der Waals surface area contributed by atoms with E-state index in [0.717, 1.165) is 0 Å². The Bertz CT molecular complexity index is 25.5. The van der Waals surface area contributed by atoms with E-state index in [-0.39, 0.29) is 29.6 Å². The topological polar surface area (TPSA) is 20.2 Å². The summed E-state index contributed by atoms with van der Waals surface area (Å²) >= 11 is 0. The van der Waals surface area contributed by atoms with Crippen molar-refractivity contribution < 1.29 is 43.4 Å². The molecule has 0 spiro atoms. The summed E-state index contributed by atoms with van der Waals surface area (Å²) in [5.41, 5.74) is 0. The normalized spacial score (nSPS) is 8.00. The fraction of sp³-hybridized carbons (Fsp3) is 0.500.